The number of aliphatic carboxylic acids is 1. The Bertz CT molecular complexity index is 238. The summed E-state index contributed by atoms with van der Waals surface area (Å²) >= 11 is 0. The van der Waals surface area contributed by atoms with E-state index < -0.39 is 5.97 Å². The van der Waals surface area contributed by atoms with Crippen molar-refractivity contribution in [2.24, 2.45) is 0 Å². The number of hydrogen-bond acceptors (Lipinski definition) is 3. The van der Waals surface area contributed by atoms with Crippen LogP contribution in [-0.2, 0) is 9.59 Å². The fourth-order valence-corrected chi connectivity index (χ4v) is 1.87. The van der Waals surface area contributed by atoms with Gasteiger partial charge in [-0.2, -0.15) is 0 Å². The lowest BCUT2D eigenvalue weighted by Gasteiger charge is -2.09. The lowest BCUT2D eigenvalue weighted by atomic mass is 10.0. The molecule has 0 spiro atoms. The van der Waals surface area contributed by atoms with E-state index in [0.717, 1.165) is 32.1 Å². The van der Waals surface area contributed by atoms with Crippen LogP contribution in [0.2, 0.25) is 0 Å². The SMILES string of the molecule is CCC(=O)CCCCCC[C@H](O)CCCC(=O)O. The zero-order valence-corrected chi connectivity index (χ0v) is 11.4. The van der Waals surface area contributed by atoms with Crippen molar-refractivity contribution in [1.29, 1.82) is 0 Å². The lowest BCUT2D eigenvalue weighted by Crippen LogP contribution is -2.07. The van der Waals surface area contributed by atoms with Crippen molar-refractivity contribution in [1.82, 2.24) is 0 Å². The standard InChI is InChI=1S/C14H26O4/c1-2-12(15)8-5-3-4-6-9-13(16)10-7-11-14(17)18/h13,16H,2-11H2,1H3,(H,17,18)/t13-/m0/s1. The van der Waals surface area contributed by atoms with E-state index in [0.29, 0.717) is 31.5 Å². The zero-order valence-electron chi connectivity index (χ0n) is 11.4. The molecule has 0 aliphatic heterocycles. The van der Waals surface area contributed by atoms with Crippen molar-refractivity contribution in [3.8, 4) is 0 Å². The molecule has 0 aliphatic carbocycles. The first-order valence-electron chi connectivity index (χ1n) is 6.97. The summed E-state index contributed by atoms with van der Waals surface area (Å²) in [4.78, 5) is 21.3. The van der Waals surface area contributed by atoms with Gasteiger partial charge < -0.3 is 10.2 Å². The number of carboxylic acids is 1. The molecule has 1 atom stereocenters. The molecule has 0 saturated carbocycles. The highest BCUT2D eigenvalue weighted by molar-refractivity contribution is 5.77. The second-order valence-electron chi connectivity index (χ2n) is 4.78. The Morgan fingerprint density at radius 3 is 2.17 bits per heavy atom. The number of unbranched alkanes of at least 4 members (excludes halogenated alkanes) is 3. The van der Waals surface area contributed by atoms with Gasteiger partial charge in [0.25, 0.3) is 0 Å². The predicted molar refractivity (Wildman–Crippen MR) is 70.5 cm³/mol. The molecule has 0 aromatic heterocycles. The molecule has 106 valence electrons. The van der Waals surface area contributed by atoms with Gasteiger partial charge in [0.1, 0.15) is 5.78 Å². The van der Waals surface area contributed by atoms with Crippen LogP contribution in [0.4, 0.5) is 0 Å². The number of ketones is 1. The number of Topliss-reactive ketones (excluding diaryl/α,β-unsaturated/α-hetero) is 1. The Morgan fingerprint density at radius 2 is 1.56 bits per heavy atom. The second-order valence-corrected chi connectivity index (χ2v) is 4.78. The van der Waals surface area contributed by atoms with Crippen LogP contribution in [0.25, 0.3) is 0 Å². The number of carboxylic acid groups (broad SMARTS) is 1. The fraction of sp³-hybridized carbons (Fsp3) is 0.857. The molecule has 18 heavy (non-hydrogen) atoms. The second kappa shape index (κ2) is 11.2. The Morgan fingerprint density at radius 1 is 0.944 bits per heavy atom. The average Bonchev–Trinajstić information content (AvgIpc) is 2.32. The summed E-state index contributed by atoms with van der Waals surface area (Å²) in [6, 6.07) is 0. The summed E-state index contributed by atoms with van der Waals surface area (Å²) in [5, 5.41) is 18.1. The van der Waals surface area contributed by atoms with Gasteiger partial charge in [0.05, 0.1) is 6.10 Å². The van der Waals surface area contributed by atoms with Crippen LogP contribution in [0.3, 0.4) is 0 Å². The Hall–Kier alpha value is -0.900. The summed E-state index contributed by atoms with van der Waals surface area (Å²) < 4.78 is 0. The molecule has 2 N–H and O–H groups in total. The van der Waals surface area contributed by atoms with Gasteiger partial charge in [0.15, 0.2) is 0 Å². The van der Waals surface area contributed by atoms with E-state index >= 15 is 0 Å². The maximum atomic E-state index is 11.0. The first-order chi connectivity index (χ1) is 8.56. The van der Waals surface area contributed by atoms with Crippen LogP contribution < -0.4 is 0 Å². The van der Waals surface area contributed by atoms with Gasteiger partial charge in [-0.3, -0.25) is 9.59 Å². The van der Waals surface area contributed by atoms with Crippen molar-refractivity contribution in [2.45, 2.75) is 77.2 Å². The number of aliphatic hydroxyl groups excluding tert-OH is 1. The van der Waals surface area contributed by atoms with Gasteiger partial charge in [-0.05, 0) is 25.7 Å². The number of aliphatic hydroxyl groups is 1. The molecule has 0 amide bonds. The first-order valence-corrected chi connectivity index (χ1v) is 6.97. The summed E-state index contributed by atoms with van der Waals surface area (Å²) in [6.07, 6.45) is 6.89. The molecule has 4 nitrogen and oxygen atoms in total. The number of rotatable bonds is 12. The average molecular weight is 258 g/mol. The molecule has 0 heterocycles. The van der Waals surface area contributed by atoms with E-state index in [-0.39, 0.29) is 12.5 Å². The van der Waals surface area contributed by atoms with Gasteiger partial charge in [-0.25, -0.2) is 0 Å². The van der Waals surface area contributed by atoms with Crippen LogP contribution in [0.15, 0.2) is 0 Å². The number of hydrogen-bond donors (Lipinski definition) is 2. The molecule has 0 aromatic carbocycles. The minimum Gasteiger partial charge on any atom is -0.481 e. The number of carbonyl (C=O) groups excluding carboxylic acids is 1. The zero-order chi connectivity index (χ0) is 13.8. The first kappa shape index (κ1) is 17.1. The molecule has 0 aromatic rings. The molecule has 0 radical (unpaired) electrons. The Kier molecular flexibility index (Phi) is 10.6. The van der Waals surface area contributed by atoms with Crippen molar-refractivity contribution in [3.05, 3.63) is 0 Å². The van der Waals surface area contributed by atoms with Gasteiger partial charge in [-0.1, -0.05) is 26.2 Å². The van der Waals surface area contributed by atoms with Crippen molar-refractivity contribution in [2.75, 3.05) is 0 Å². The third-order valence-electron chi connectivity index (χ3n) is 3.07. The Balaban J connectivity index is 3.27. The van der Waals surface area contributed by atoms with Crippen LogP contribution in [0, 0.1) is 0 Å². The third kappa shape index (κ3) is 11.6. The third-order valence-corrected chi connectivity index (χ3v) is 3.07. The van der Waals surface area contributed by atoms with Crippen LogP contribution in [0.5, 0.6) is 0 Å². The molecular weight excluding hydrogens is 232 g/mol. The van der Waals surface area contributed by atoms with Gasteiger partial charge in [-0.15, -0.1) is 0 Å². The number of carbonyl (C=O) groups is 2. The van der Waals surface area contributed by atoms with Crippen LogP contribution in [0.1, 0.15) is 71.1 Å². The minimum absolute atomic E-state index is 0.135. The van der Waals surface area contributed by atoms with Crippen LogP contribution >= 0.6 is 0 Å². The summed E-state index contributed by atoms with van der Waals surface area (Å²) in [5.41, 5.74) is 0. The van der Waals surface area contributed by atoms with E-state index in [1.807, 2.05) is 6.92 Å². The van der Waals surface area contributed by atoms with Gasteiger partial charge in [0.2, 0.25) is 0 Å². The van der Waals surface area contributed by atoms with E-state index in [1.54, 1.807) is 0 Å². The maximum absolute atomic E-state index is 11.0. The van der Waals surface area contributed by atoms with E-state index in [9.17, 15) is 14.7 Å². The largest absolute Gasteiger partial charge is 0.481 e. The lowest BCUT2D eigenvalue weighted by molar-refractivity contribution is -0.137. The topological polar surface area (TPSA) is 74.6 Å². The van der Waals surface area contributed by atoms with E-state index in [1.165, 1.54) is 0 Å². The normalized spacial score (nSPS) is 12.3. The molecule has 0 aliphatic rings. The highest BCUT2D eigenvalue weighted by Crippen LogP contribution is 2.11. The summed E-state index contributed by atoms with van der Waals surface area (Å²) in [7, 11) is 0. The van der Waals surface area contributed by atoms with Crippen molar-refractivity contribution in [3.63, 3.8) is 0 Å². The monoisotopic (exact) mass is 258 g/mol. The molecule has 4 heteroatoms. The molecular formula is C14H26O4. The Labute approximate surface area is 109 Å². The minimum atomic E-state index is -0.803. The molecule has 0 unspecified atom stereocenters. The maximum Gasteiger partial charge on any atom is 0.303 e. The molecule has 0 rings (SSSR count). The highest BCUT2D eigenvalue weighted by Gasteiger charge is 2.05. The molecule has 0 saturated heterocycles. The van der Waals surface area contributed by atoms with E-state index in [4.69, 9.17) is 5.11 Å². The van der Waals surface area contributed by atoms with Gasteiger partial charge in [0, 0.05) is 19.3 Å². The van der Waals surface area contributed by atoms with Crippen molar-refractivity contribution >= 4 is 11.8 Å². The summed E-state index contributed by atoms with van der Waals surface area (Å²) in [5.74, 6) is -0.480. The van der Waals surface area contributed by atoms with Crippen molar-refractivity contribution < 1.29 is 19.8 Å². The predicted octanol–water partition coefficient (Wildman–Crippen LogP) is 2.92. The molecule has 0 bridgehead atoms. The van der Waals surface area contributed by atoms with Gasteiger partial charge >= 0.3 is 5.97 Å². The van der Waals surface area contributed by atoms with E-state index in [2.05, 4.69) is 0 Å². The van der Waals surface area contributed by atoms with Crippen LogP contribution in [-0.4, -0.2) is 28.1 Å². The quantitative estimate of drug-likeness (QED) is 0.528. The molecule has 0 fully saturated rings. The summed E-state index contributed by atoms with van der Waals surface area (Å²) in [6.45, 7) is 1.88. The smallest absolute Gasteiger partial charge is 0.303 e. The fourth-order valence-electron chi connectivity index (χ4n) is 1.87. The highest BCUT2D eigenvalue weighted by atomic mass is 16.4.